The molecule has 4 N–H and O–H groups in total. The predicted octanol–water partition coefficient (Wildman–Crippen LogP) is 2.97. The van der Waals surface area contributed by atoms with Gasteiger partial charge in [-0.15, -0.1) is 0 Å². The van der Waals surface area contributed by atoms with Crippen LogP contribution in [0, 0.1) is 6.92 Å². The van der Waals surface area contributed by atoms with Crippen molar-refractivity contribution in [1.82, 2.24) is 9.97 Å². The van der Waals surface area contributed by atoms with Gasteiger partial charge in [0, 0.05) is 6.61 Å². The summed E-state index contributed by atoms with van der Waals surface area (Å²) in [5, 5.41) is 17.8. The molecule has 0 atom stereocenters. The predicted molar refractivity (Wildman–Crippen MR) is 82.7 cm³/mol. The SMILES string of the molecule is CCCCCCc1nc(N)nc(C)c1O.CCCCO. The molecule has 0 fully saturated rings. The van der Waals surface area contributed by atoms with Crippen molar-refractivity contribution in [2.45, 2.75) is 65.7 Å². The highest BCUT2D eigenvalue weighted by atomic mass is 16.3. The third-order valence-corrected chi connectivity index (χ3v) is 2.93. The maximum Gasteiger partial charge on any atom is 0.220 e. The van der Waals surface area contributed by atoms with Crippen LogP contribution < -0.4 is 5.73 Å². The molecule has 0 radical (unpaired) electrons. The van der Waals surface area contributed by atoms with E-state index in [2.05, 4.69) is 23.8 Å². The van der Waals surface area contributed by atoms with Gasteiger partial charge in [0.15, 0.2) is 5.75 Å². The van der Waals surface area contributed by atoms with Crippen molar-refractivity contribution in [2.75, 3.05) is 12.3 Å². The van der Waals surface area contributed by atoms with E-state index in [-0.39, 0.29) is 11.7 Å². The Labute approximate surface area is 122 Å². The summed E-state index contributed by atoms with van der Waals surface area (Å²) in [5.74, 6) is 0.441. The maximum atomic E-state index is 9.70. The smallest absolute Gasteiger partial charge is 0.220 e. The van der Waals surface area contributed by atoms with Crippen LogP contribution in [-0.2, 0) is 6.42 Å². The number of aromatic hydroxyl groups is 1. The maximum absolute atomic E-state index is 9.70. The Hall–Kier alpha value is -1.36. The molecule has 0 spiro atoms. The van der Waals surface area contributed by atoms with Crippen LogP contribution in [0.25, 0.3) is 0 Å². The first kappa shape index (κ1) is 18.6. The second kappa shape index (κ2) is 11.5. The molecule has 1 heterocycles. The number of aliphatic hydroxyl groups is 1. The number of aryl methyl sites for hydroxylation is 2. The summed E-state index contributed by atoms with van der Waals surface area (Å²) in [4.78, 5) is 7.94. The van der Waals surface area contributed by atoms with E-state index in [0.717, 1.165) is 25.7 Å². The van der Waals surface area contributed by atoms with Crippen molar-refractivity contribution in [3.8, 4) is 5.75 Å². The lowest BCUT2D eigenvalue weighted by molar-refractivity contribution is 0.287. The molecule has 0 aliphatic carbocycles. The first-order valence-corrected chi connectivity index (χ1v) is 7.49. The number of hydrogen-bond donors (Lipinski definition) is 3. The van der Waals surface area contributed by atoms with Gasteiger partial charge in [-0.2, -0.15) is 0 Å². The van der Waals surface area contributed by atoms with E-state index in [1.54, 1.807) is 6.92 Å². The molecule has 1 rings (SSSR count). The summed E-state index contributed by atoms with van der Waals surface area (Å²) in [7, 11) is 0. The van der Waals surface area contributed by atoms with Gasteiger partial charge < -0.3 is 15.9 Å². The van der Waals surface area contributed by atoms with E-state index in [9.17, 15) is 5.11 Å². The fourth-order valence-electron chi connectivity index (χ4n) is 1.70. The third-order valence-electron chi connectivity index (χ3n) is 2.93. The molecule has 1 aromatic heterocycles. The minimum atomic E-state index is 0.195. The van der Waals surface area contributed by atoms with E-state index >= 15 is 0 Å². The van der Waals surface area contributed by atoms with E-state index < -0.39 is 0 Å². The van der Waals surface area contributed by atoms with Gasteiger partial charge in [0.1, 0.15) is 0 Å². The number of aliphatic hydroxyl groups excluding tert-OH is 1. The Morgan fingerprint density at radius 2 is 1.65 bits per heavy atom. The normalized spacial score (nSPS) is 10.0. The lowest BCUT2D eigenvalue weighted by Crippen LogP contribution is -2.02. The Morgan fingerprint density at radius 1 is 1.00 bits per heavy atom. The number of anilines is 1. The van der Waals surface area contributed by atoms with Crippen molar-refractivity contribution < 1.29 is 10.2 Å². The van der Waals surface area contributed by atoms with Crippen molar-refractivity contribution in [3.05, 3.63) is 11.4 Å². The van der Waals surface area contributed by atoms with Gasteiger partial charge in [-0.3, -0.25) is 0 Å². The van der Waals surface area contributed by atoms with Crippen LogP contribution >= 0.6 is 0 Å². The highest BCUT2D eigenvalue weighted by Crippen LogP contribution is 2.21. The number of rotatable bonds is 7. The standard InChI is InChI=1S/C11H19N3O.C4H10O/c1-3-4-5-6-7-9-10(15)8(2)13-11(12)14-9;1-2-3-4-5/h15H,3-7H2,1-2H3,(H2,12,13,14);5H,2-4H2,1H3. The number of nitrogens with two attached hydrogens (primary N) is 1. The van der Waals surface area contributed by atoms with Gasteiger partial charge in [0.05, 0.1) is 11.4 Å². The number of nitrogen functional groups attached to an aromatic ring is 1. The molecule has 0 aliphatic heterocycles. The number of hydrogen-bond acceptors (Lipinski definition) is 5. The molecule has 20 heavy (non-hydrogen) atoms. The molecule has 0 aromatic carbocycles. The third kappa shape index (κ3) is 7.94. The average Bonchev–Trinajstić information content (AvgIpc) is 2.41. The van der Waals surface area contributed by atoms with Crippen LogP contribution in [0.2, 0.25) is 0 Å². The molecule has 1 aromatic rings. The summed E-state index contributed by atoms with van der Waals surface area (Å²) in [5.41, 5.74) is 6.77. The molecule has 0 saturated heterocycles. The van der Waals surface area contributed by atoms with Gasteiger partial charge in [-0.25, -0.2) is 9.97 Å². The molecule has 0 amide bonds. The Kier molecular flexibility index (Phi) is 10.7. The highest BCUT2D eigenvalue weighted by Gasteiger charge is 2.08. The summed E-state index contributed by atoms with van der Waals surface area (Å²) < 4.78 is 0. The van der Waals surface area contributed by atoms with Crippen molar-refractivity contribution in [1.29, 1.82) is 0 Å². The zero-order valence-corrected chi connectivity index (χ0v) is 13.0. The quantitative estimate of drug-likeness (QED) is 0.669. The number of nitrogens with zero attached hydrogens (tertiary/aromatic N) is 2. The van der Waals surface area contributed by atoms with Gasteiger partial charge in [-0.1, -0.05) is 39.5 Å². The van der Waals surface area contributed by atoms with Crippen LogP contribution in [0.3, 0.4) is 0 Å². The van der Waals surface area contributed by atoms with Crippen LogP contribution in [0.15, 0.2) is 0 Å². The van der Waals surface area contributed by atoms with Crippen LogP contribution in [0.5, 0.6) is 5.75 Å². The number of unbranched alkanes of at least 4 members (excludes halogenated alkanes) is 4. The van der Waals surface area contributed by atoms with Crippen LogP contribution in [0.4, 0.5) is 5.95 Å². The Morgan fingerprint density at radius 3 is 2.15 bits per heavy atom. The van der Waals surface area contributed by atoms with Gasteiger partial charge in [0.25, 0.3) is 0 Å². The number of aromatic nitrogens is 2. The zero-order chi connectivity index (χ0) is 15.4. The molecule has 0 bridgehead atoms. The fraction of sp³-hybridized carbons (Fsp3) is 0.733. The molecule has 5 nitrogen and oxygen atoms in total. The van der Waals surface area contributed by atoms with E-state index in [1.165, 1.54) is 19.3 Å². The largest absolute Gasteiger partial charge is 0.504 e. The van der Waals surface area contributed by atoms with Gasteiger partial charge in [0.2, 0.25) is 5.95 Å². The van der Waals surface area contributed by atoms with Gasteiger partial charge >= 0.3 is 0 Å². The lowest BCUT2D eigenvalue weighted by Gasteiger charge is -2.06. The monoisotopic (exact) mass is 283 g/mol. The molecule has 0 aliphatic rings. The van der Waals surface area contributed by atoms with Crippen molar-refractivity contribution in [3.63, 3.8) is 0 Å². The molecule has 116 valence electrons. The highest BCUT2D eigenvalue weighted by molar-refractivity contribution is 5.35. The second-order valence-corrected chi connectivity index (χ2v) is 4.85. The van der Waals surface area contributed by atoms with Gasteiger partial charge in [-0.05, 0) is 26.2 Å². The summed E-state index contributed by atoms with van der Waals surface area (Å²) in [6, 6.07) is 0. The Bertz CT molecular complexity index is 368. The molecular weight excluding hydrogens is 254 g/mol. The summed E-state index contributed by atoms with van der Waals surface area (Å²) >= 11 is 0. The Balaban J connectivity index is 0.000000621. The van der Waals surface area contributed by atoms with Crippen LogP contribution in [-0.4, -0.2) is 26.8 Å². The van der Waals surface area contributed by atoms with Crippen LogP contribution in [0.1, 0.15) is 63.8 Å². The minimum Gasteiger partial charge on any atom is -0.504 e. The average molecular weight is 283 g/mol. The zero-order valence-electron chi connectivity index (χ0n) is 13.0. The lowest BCUT2D eigenvalue weighted by atomic mass is 10.1. The fourth-order valence-corrected chi connectivity index (χ4v) is 1.70. The summed E-state index contributed by atoms with van der Waals surface area (Å²) in [6.07, 6.45) is 7.45. The topological polar surface area (TPSA) is 92.3 Å². The van der Waals surface area contributed by atoms with E-state index in [0.29, 0.717) is 18.0 Å². The molecular formula is C15H29N3O2. The second-order valence-electron chi connectivity index (χ2n) is 4.85. The molecule has 5 heteroatoms. The van der Waals surface area contributed by atoms with E-state index in [4.69, 9.17) is 10.8 Å². The summed E-state index contributed by atoms with van der Waals surface area (Å²) in [6.45, 7) is 6.31. The minimum absolute atomic E-state index is 0.195. The first-order chi connectivity index (χ1) is 9.56. The molecule has 0 unspecified atom stereocenters. The van der Waals surface area contributed by atoms with Crippen molar-refractivity contribution in [2.24, 2.45) is 0 Å². The molecule has 0 saturated carbocycles. The van der Waals surface area contributed by atoms with E-state index in [1.807, 2.05) is 0 Å². The first-order valence-electron chi connectivity index (χ1n) is 7.49. The van der Waals surface area contributed by atoms with Crippen molar-refractivity contribution >= 4 is 5.95 Å².